The third-order valence-corrected chi connectivity index (χ3v) is 4.15. The van der Waals surface area contributed by atoms with E-state index in [2.05, 4.69) is 49.7 Å². The third kappa shape index (κ3) is 5.23. The maximum atomic E-state index is 3.48. The van der Waals surface area contributed by atoms with Gasteiger partial charge >= 0.3 is 0 Å². The summed E-state index contributed by atoms with van der Waals surface area (Å²) in [4.78, 5) is 2.62. The lowest BCUT2D eigenvalue weighted by Crippen LogP contribution is -2.42. The van der Waals surface area contributed by atoms with Crippen molar-refractivity contribution in [2.24, 2.45) is 0 Å². The highest BCUT2D eigenvalue weighted by atomic mass is 32.2. The van der Waals surface area contributed by atoms with Crippen LogP contribution in [0.2, 0.25) is 0 Å². The minimum Gasteiger partial charge on any atom is -0.314 e. The Kier molecular flexibility index (Phi) is 6.02. The Balaban J connectivity index is 2.20. The van der Waals surface area contributed by atoms with E-state index in [1.165, 1.54) is 26.1 Å². The molecule has 0 spiro atoms. The summed E-state index contributed by atoms with van der Waals surface area (Å²) in [6, 6.07) is 0.662. The first kappa shape index (κ1) is 13.3. The Morgan fingerprint density at radius 3 is 2.47 bits per heavy atom. The van der Waals surface area contributed by atoms with E-state index in [-0.39, 0.29) is 0 Å². The lowest BCUT2D eigenvalue weighted by Gasteiger charge is -2.35. The van der Waals surface area contributed by atoms with E-state index < -0.39 is 0 Å². The fraction of sp³-hybridized carbons (Fsp3) is 1.00. The average molecular weight is 230 g/mol. The second kappa shape index (κ2) is 6.77. The first-order valence-electron chi connectivity index (χ1n) is 6.23. The molecule has 2 nitrogen and oxygen atoms in total. The van der Waals surface area contributed by atoms with Gasteiger partial charge < -0.3 is 10.2 Å². The molecule has 1 heterocycles. The second-order valence-electron chi connectivity index (χ2n) is 4.76. The van der Waals surface area contributed by atoms with Crippen molar-refractivity contribution < 1.29 is 0 Å². The van der Waals surface area contributed by atoms with Crippen LogP contribution in [0.25, 0.3) is 0 Å². The molecule has 1 fully saturated rings. The van der Waals surface area contributed by atoms with Crippen LogP contribution in [0.4, 0.5) is 0 Å². The van der Waals surface area contributed by atoms with Gasteiger partial charge in [-0.25, -0.2) is 0 Å². The van der Waals surface area contributed by atoms with Gasteiger partial charge in [0.25, 0.3) is 0 Å². The van der Waals surface area contributed by atoms with Crippen LogP contribution in [0.1, 0.15) is 34.1 Å². The molecule has 15 heavy (non-hydrogen) atoms. The molecule has 0 aromatic rings. The molecule has 3 unspecified atom stereocenters. The molecular formula is C12H26N2S. The van der Waals surface area contributed by atoms with E-state index in [0.717, 1.165) is 17.0 Å². The van der Waals surface area contributed by atoms with Gasteiger partial charge in [-0.15, -0.1) is 0 Å². The van der Waals surface area contributed by atoms with Crippen molar-refractivity contribution in [1.29, 1.82) is 0 Å². The van der Waals surface area contributed by atoms with Gasteiger partial charge in [0.05, 0.1) is 0 Å². The molecule has 0 amide bonds. The molecule has 1 N–H and O–H groups in total. The number of hydrogen-bond donors (Lipinski definition) is 1. The van der Waals surface area contributed by atoms with E-state index in [1.54, 1.807) is 0 Å². The summed E-state index contributed by atoms with van der Waals surface area (Å²) in [6.07, 6.45) is 1.28. The molecule has 1 aliphatic rings. The topological polar surface area (TPSA) is 15.3 Å². The molecule has 3 heteroatoms. The standard InChI is InChI=1S/C12H26N2S/c1-5-13-10(2)6-7-14-8-11(3)15-12(4)9-14/h10-13H,5-9H2,1-4H3. The Morgan fingerprint density at radius 2 is 1.93 bits per heavy atom. The molecular weight excluding hydrogens is 204 g/mol. The molecule has 0 radical (unpaired) electrons. The van der Waals surface area contributed by atoms with E-state index in [1.807, 2.05) is 0 Å². The van der Waals surface area contributed by atoms with Crippen molar-refractivity contribution in [3.8, 4) is 0 Å². The summed E-state index contributed by atoms with van der Waals surface area (Å²) >= 11 is 2.13. The maximum Gasteiger partial charge on any atom is 0.0149 e. The van der Waals surface area contributed by atoms with Crippen LogP contribution in [-0.2, 0) is 0 Å². The molecule has 0 aliphatic carbocycles. The number of thioether (sulfide) groups is 1. The number of nitrogens with zero attached hydrogens (tertiary/aromatic N) is 1. The lowest BCUT2D eigenvalue weighted by molar-refractivity contribution is 0.257. The predicted molar refractivity (Wildman–Crippen MR) is 70.7 cm³/mol. The molecule has 1 aliphatic heterocycles. The van der Waals surface area contributed by atoms with Crippen LogP contribution < -0.4 is 5.32 Å². The Morgan fingerprint density at radius 1 is 1.33 bits per heavy atom. The average Bonchev–Trinajstić information content (AvgIpc) is 2.14. The zero-order chi connectivity index (χ0) is 11.3. The molecule has 1 rings (SSSR count). The summed E-state index contributed by atoms with van der Waals surface area (Å²) in [5.41, 5.74) is 0. The highest BCUT2D eigenvalue weighted by Crippen LogP contribution is 2.24. The van der Waals surface area contributed by atoms with Crippen LogP contribution in [0, 0.1) is 0 Å². The molecule has 1 saturated heterocycles. The quantitative estimate of drug-likeness (QED) is 0.779. The summed E-state index contributed by atoms with van der Waals surface area (Å²) in [5, 5.41) is 5.09. The van der Waals surface area contributed by atoms with Gasteiger partial charge in [0.15, 0.2) is 0 Å². The van der Waals surface area contributed by atoms with Crippen LogP contribution in [0.5, 0.6) is 0 Å². The zero-order valence-corrected chi connectivity index (χ0v) is 11.4. The second-order valence-corrected chi connectivity index (χ2v) is 6.65. The largest absolute Gasteiger partial charge is 0.314 e. The van der Waals surface area contributed by atoms with Crippen LogP contribution in [0.3, 0.4) is 0 Å². The van der Waals surface area contributed by atoms with Crippen LogP contribution in [0.15, 0.2) is 0 Å². The smallest absolute Gasteiger partial charge is 0.0149 e. The monoisotopic (exact) mass is 230 g/mol. The van der Waals surface area contributed by atoms with Crippen LogP contribution in [-0.4, -0.2) is 47.6 Å². The van der Waals surface area contributed by atoms with Gasteiger partial charge in [-0.05, 0) is 26.4 Å². The summed E-state index contributed by atoms with van der Waals surface area (Å²) in [7, 11) is 0. The maximum absolute atomic E-state index is 3.48. The van der Waals surface area contributed by atoms with Gasteiger partial charge in [-0.3, -0.25) is 0 Å². The van der Waals surface area contributed by atoms with E-state index in [0.29, 0.717) is 6.04 Å². The SMILES string of the molecule is CCNC(C)CCN1CC(C)SC(C)C1. The zero-order valence-electron chi connectivity index (χ0n) is 10.6. The number of hydrogen-bond acceptors (Lipinski definition) is 3. The number of nitrogens with one attached hydrogen (secondary N) is 1. The van der Waals surface area contributed by atoms with Gasteiger partial charge in [0, 0.05) is 29.6 Å². The molecule has 0 aromatic heterocycles. The minimum atomic E-state index is 0.662. The molecule has 90 valence electrons. The van der Waals surface area contributed by atoms with Gasteiger partial charge in [0.1, 0.15) is 0 Å². The van der Waals surface area contributed by atoms with Crippen molar-refractivity contribution in [1.82, 2.24) is 10.2 Å². The van der Waals surface area contributed by atoms with Crippen molar-refractivity contribution in [2.45, 2.75) is 50.7 Å². The van der Waals surface area contributed by atoms with E-state index in [4.69, 9.17) is 0 Å². The van der Waals surface area contributed by atoms with Crippen molar-refractivity contribution >= 4 is 11.8 Å². The summed E-state index contributed by atoms with van der Waals surface area (Å²) in [5.74, 6) is 0. The first-order valence-corrected chi connectivity index (χ1v) is 7.17. The molecule has 0 saturated carbocycles. The Labute approximate surface area is 99.2 Å². The van der Waals surface area contributed by atoms with Gasteiger partial charge in [-0.2, -0.15) is 11.8 Å². The van der Waals surface area contributed by atoms with Gasteiger partial charge in [0.2, 0.25) is 0 Å². The van der Waals surface area contributed by atoms with E-state index >= 15 is 0 Å². The highest BCUT2D eigenvalue weighted by molar-refractivity contribution is 8.00. The third-order valence-electron chi connectivity index (χ3n) is 2.93. The highest BCUT2D eigenvalue weighted by Gasteiger charge is 2.21. The Hall–Kier alpha value is 0.270. The fourth-order valence-electron chi connectivity index (χ4n) is 2.29. The van der Waals surface area contributed by atoms with Crippen molar-refractivity contribution in [3.05, 3.63) is 0 Å². The van der Waals surface area contributed by atoms with Crippen LogP contribution >= 0.6 is 11.8 Å². The first-order chi connectivity index (χ1) is 7.11. The van der Waals surface area contributed by atoms with E-state index in [9.17, 15) is 0 Å². The molecule has 0 aromatic carbocycles. The minimum absolute atomic E-state index is 0.662. The normalized spacial score (nSPS) is 30.4. The molecule has 3 atom stereocenters. The van der Waals surface area contributed by atoms with Crippen molar-refractivity contribution in [3.63, 3.8) is 0 Å². The fourth-order valence-corrected chi connectivity index (χ4v) is 3.68. The summed E-state index contributed by atoms with van der Waals surface area (Å²) < 4.78 is 0. The number of rotatable bonds is 5. The summed E-state index contributed by atoms with van der Waals surface area (Å²) in [6.45, 7) is 14.0. The Bertz CT molecular complexity index is 165. The molecule has 0 bridgehead atoms. The van der Waals surface area contributed by atoms with Crippen molar-refractivity contribution in [2.75, 3.05) is 26.2 Å². The lowest BCUT2D eigenvalue weighted by atomic mass is 10.2. The van der Waals surface area contributed by atoms with Gasteiger partial charge in [-0.1, -0.05) is 20.8 Å². The predicted octanol–water partition coefficient (Wildman–Crippen LogP) is 2.20.